The summed E-state index contributed by atoms with van der Waals surface area (Å²) >= 11 is 11.9. The lowest BCUT2D eigenvalue weighted by atomic mass is 10.3. The van der Waals surface area contributed by atoms with Crippen LogP contribution in [0.25, 0.3) is 0 Å². The quantitative estimate of drug-likeness (QED) is 0.774. The smallest absolute Gasteiger partial charge is 0.139 e. The molecule has 0 unspecified atom stereocenters. The molecule has 4 heteroatoms. The van der Waals surface area contributed by atoms with Crippen molar-refractivity contribution in [3.8, 4) is 5.75 Å². The molecule has 0 atom stereocenters. The molecule has 0 amide bonds. The molecule has 2 nitrogen and oxygen atoms in total. The predicted molar refractivity (Wildman–Crippen MR) is 69.7 cm³/mol. The molecule has 90 valence electrons. The van der Waals surface area contributed by atoms with E-state index in [4.69, 9.17) is 27.9 Å². The number of ether oxygens (including phenoxy) is 1. The molecule has 0 aliphatic rings. The van der Waals surface area contributed by atoms with Crippen LogP contribution >= 0.6 is 23.2 Å². The molecular formula is C12H17Cl2NO. The highest BCUT2D eigenvalue weighted by Crippen LogP contribution is 2.31. The SMILES string of the molecule is CCN(CC)CCOc1cccc(Cl)c1Cl. The Kier molecular flexibility index (Phi) is 5.96. The van der Waals surface area contributed by atoms with Crippen LogP contribution in [0.15, 0.2) is 18.2 Å². The molecule has 0 aliphatic heterocycles. The Hall–Kier alpha value is -0.440. The first-order valence-electron chi connectivity index (χ1n) is 5.48. The van der Waals surface area contributed by atoms with E-state index in [1.54, 1.807) is 6.07 Å². The molecule has 0 bridgehead atoms. The fraction of sp³-hybridized carbons (Fsp3) is 0.500. The lowest BCUT2D eigenvalue weighted by Crippen LogP contribution is -2.27. The number of benzene rings is 1. The summed E-state index contributed by atoms with van der Waals surface area (Å²) in [6.45, 7) is 7.86. The van der Waals surface area contributed by atoms with E-state index < -0.39 is 0 Å². The second-order valence-electron chi connectivity index (χ2n) is 3.43. The highest BCUT2D eigenvalue weighted by Gasteiger charge is 2.05. The Labute approximate surface area is 107 Å². The number of hydrogen-bond donors (Lipinski definition) is 0. The average Bonchev–Trinajstić information content (AvgIpc) is 2.30. The molecule has 0 radical (unpaired) electrons. The zero-order valence-corrected chi connectivity index (χ0v) is 11.2. The largest absolute Gasteiger partial charge is 0.491 e. The Morgan fingerprint density at radius 3 is 2.50 bits per heavy atom. The van der Waals surface area contributed by atoms with Crippen molar-refractivity contribution in [2.45, 2.75) is 13.8 Å². The third-order valence-electron chi connectivity index (χ3n) is 2.48. The summed E-state index contributed by atoms with van der Waals surface area (Å²) in [7, 11) is 0. The third kappa shape index (κ3) is 3.85. The Bertz CT molecular complexity index is 327. The molecule has 1 rings (SSSR count). The van der Waals surface area contributed by atoms with E-state index in [0.717, 1.165) is 19.6 Å². The minimum Gasteiger partial charge on any atom is -0.491 e. The zero-order valence-electron chi connectivity index (χ0n) is 9.67. The summed E-state index contributed by atoms with van der Waals surface area (Å²) in [5.74, 6) is 0.654. The molecule has 1 aromatic carbocycles. The molecule has 0 saturated carbocycles. The summed E-state index contributed by atoms with van der Waals surface area (Å²) in [5, 5.41) is 1.02. The van der Waals surface area contributed by atoms with Crippen LogP contribution in [-0.2, 0) is 0 Å². The van der Waals surface area contributed by atoms with E-state index in [1.165, 1.54) is 0 Å². The fourth-order valence-corrected chi connectivity index (χ4v) is 1.77. The second kappa shape index (κ2) is 7.00. The van der Waals surface area contributed by atoms with Gasteiger partial charge in [-0.2, -0.15) is 0 Å². The number of hydrogen-bond acceptors (Lipinski definition) is 2. The van der Waals surface area contributed by atoms with Gasteiger partial charge in [-0.15, -0.1) is 0 Å². The Morgan fingerprint density at radius 2 is 1.88 bits per heavy atom. The minimum absolute atomic E-state index is 0.490. The second-order valence-corrected chi connectivity index (χ2v) is 4.21. The van der Waals surface area contributed by atoms with Crippen molar-refractivity contribution in [2.75, 3.05) is 26.2 Å². The summed E-state index contributed by atoms with van der Waals surface area (Å²) in [5.41, 5.74) is 0. The number of likely N-dealkylation sites (N-methyl/N-ethyl adjacent to an activating group) is 1. The van der Waals surface area contributed by atoms with Gasteiger partial charge in [0, 0.05) is 6.54 Å². The molecule has 1 aromatic rings. The highest BCUT2D eigenvalue weighted by atomic mass is 35.5. The van der Waals surface area contributed by atoms with Gasteiger partial charge in [0.1, 0.15) is 17.4 Å². The van der Waals surface area contributed by atoms with Gasteiger partial charge in [0.05, 0.1) is 5.02 Å². The average molecular weight is 262 g/mol. The van der Waals surface area contributed by atoms with Gasteiger partial charge in [0.25, 0.3) is 0 Å². The number of rotatable bonds is 6. The summed E-state index contributed by atoms with van der Waals surface area (Å²) in [6, 6.07) is 5.42. The van der Waals surface area contributed by atoms with E-state index in [-0.39, 0.29) is 0 Å². The maximum absolute atomic E-state index is 6.01. The van der Waals surface area contributed by atoms with Gasteiger partial charge in [-0.3, -0.25) is 0 Å². The van der Waals surface area contributed by atoms with Crippen LogP contribution < -0.4 is 4.74 Å². The van der Waals surface area contributed by atoms with E-state index in [9.17, 15) is 0 Å². The maximum atomic E-state index is 6.01. The van der Waals surface area contributed by atoms with Gasteiger partial charge in [-0.05, 0) is 25.2 Å². The minimum atomic E-state index is 0.490. The van der Waals surface area contributed by atoms with Gasteiger partial charge in [-0.1, -0.05) is 43.1 Å². The van der Waals surface area contributed by atoms with Gasteiger partial charge in [0.2, 0.25) is 0 Å². The predicted octanol–water partition coefficient (Wildman–Crippen LogP) is 3.71. The van der Waals surface area contributed by atoms with Crippen molar-refractivity contribution in [3.63, 3.8) is 0 Å². The molecule has 0 fully saturated rings. The molecule has 0 spiro atoms. The van der Waals surface area contributed by atoms with Crippen LogP contribution in [-0.4, -0.2) is 31.1 Å². The van der Waals surface area contributed by atoms with Crippen molar-refractivity contribution in [1.29, 1.82) is 0 Å². The van der Waals surface area contributed by atoms with Crippen LogP contribution in [0, 0.1) is 0 Å². The third-order valence-corrected chi connectivity index (χ3v) is 3.28. The highest BCUT2D eigenvalue weighted by molar-refractivity contribution is 6.42. The van der Waals surface area contributed by atoms with Crippen molar-refractivity contribution >= 4 is 23.2 Å². The maximum Gasteiger partial charge on any atom is 0.139 e. The molecule has 16 heavy (non-hydrogen) atoms. The fourth-order valence-electron chi connectivity index (χ4n) is 1.42. The van der Waals surface area contributed by atoms with Crippen LogP contribution in [0.4, 0.5) is 0 Å². The van der Waals surface area contributed by atoms with Crippen molar-refractivity contribution in [1.82, 2.24) is 4.90 Å². The molecule has 0 aromatic heterocycles. The first-order valence-corrected chi connectivity index (χ1v) is 6.23. The first kappa shape index (κ1) is 13.6. The van der Waals surface area contributed by atoms with E-state index in [0.29, 0.717) is 22.4 Å². The van der Waals surface area contributed by atoms with Gasteiger partial charge in [0.15, 0.2) is 0 Å². The normalized spacial score (nSPS) is 10.8. The first-order chi connectivity index (χ1) is 7.69. The van der Waals surface area contributed by atoms with Gasteiger partial charge >= 0.3 is 0 Å². The zero-order chi connectivity index (χ0) is 12.0. The molecular weight excluding hydrogens is 245 g/mol. The van der Waals surface area contributed by atoms with Gasteiger partial charge < -0.3 is 9.64 Å². The van der Waals surface area contributed by atoms with Crippen LogP contribution in [0.5, 0.6) is 5.75 Å². The van der Waals surface area contributed by atoms with E-state index in [2.05, 4.69) is 18.7 Å². The van der Waals surface area contributed by atoms with Crippen molar-refractivity contribution in [3.05, 3.63) is 28.2 Å². The number of halogens is 2. The lowest BCUT2D eigenvalue weighted by molar-refractivity contribution is 0.223. The summed E-state index contributed by atoms with van der Waals surface area (Å²) < 4.78 is 5.59. The van der Waals surface area contributed by atoms with Gasteiger partial charge in [-0.25, -0.2) is 0 Å². The lowest BCUT2D eigenvalue weighted by Gasteiger charge is -2.18. The van der Waals surface area contributed by atoms with E-state index in [1.807, 2.05) is 12.1 Å². The topological polar surface area (TPSA) is 12.5 Å². The molecule has 0 N–H and O–H groups in total. The molecule has 0 heterocycles. The summed E-state index contributed by atoms with van der Waals surface area (Å²) in [4.78, 5) is 2.29. The summed E-state index contributed by atoms with van der Waals surface area (Å²) in [6.07, 6.45) is 0. The molecule has 0 saturated heterocycles. The van der Waals surface area contributed by atoms with E-state index >= 15 is 0 Å². The van der Waals surface area contributed by atoms with Crippen LogP contribution in [0.3, 0.4) is 0 Å². The van der Waals surface area contributed by atoms with Crippen molar-refractivity contribution < 1.29 is 4.74 Å². The Balaban J connectivity index is 2.46. The molecule has 0 aliphatic carbocycles. The number of nitrogens with zero attached hydrogens (tertiary/aromatic N) is 1. The van der Waals surface area contributed by atoms with Crippen molar-refractivity contribution in [2.24, 2.45) is 0 Å². The van der Waals surface area contributed by atoms with Crippen LogP contribution in [0.2, 0.25) is 10.0 Å². The van der Waals surface area contributed by atoms with Crippen LogP contribution in [0.1, 0.15) is 13.8 Å². The standard InChI is InChI=1S/C12H17Cl2NO/c1-3-15(4-2)8-9-16-11-7-5-6-10(13)12(11)14/h5-7H,3-4,8-9H2,1-2H3. The monoisotopic (exact) mass is 261 g/mol. The Morgan fingerprint density at radius 1 is 1.19 bits per heavy atom.